The monoisotopic (exact) mass is 460 g/mol. The number of halogens is 2. The summed E-state index contributed by atoms with van der Waals surface area (Å²) < 4.78 is 35.8. The van der Waals surface area contributed by atoms with E-state index in [2.05, 4.69) is 32.2 Å². The van der Waals surface area contributed by atoms with Crippen LogP contribution in [0.5, 0.6) is 0 Å². The summed E-state index contributed by atoms with van der Waals surface area (Å²) in [6.45, 7) is 2.58. The molecule has 10 heteroatoms. The van der Waals surface area contributed by atoms with Gasteiger partial charge in [0, 0.05) is 19.6 Å². The van der Waals surface area contributed by atoms with Crippen LogP contribution in [0.2, 0.25) is 0 Å². The van der Waals surface area contributed by atoms with Gasteiger partial charge in [-0.15, -0.1) is 0 Å². The standard InChI is InChI=1S/C24H18F2N6O2/c25-15-5-6-16-19(20(15)26)24(33)31-8-7-17(31)22-21(27-12-32(16)22)23-28-18(34-29-23)11-30-9-13-3-1-2-4-14(13)10-30/h1-6,12,17H,7-11H2/t17-/m0/s1. The highest BCUT2D eigenvalue weighted by Crippen LogP contribution is 2.43. The van der Waals surface area contributed by atoms with E-state index in [1.54, 1.807) is 4.57 Å². The maximum Gasteiger partial charge on any atom is 0.259 e. The Kier molecular flexibility index (Phi) is 4.04. The fourth-order valence-corrected chi connectivity index (χ4v) is 5.17. The minimum atomic E-state index is -1.15. The molecular weight excluding hydrogens is 442 g/mol. The van der Waals surface area contributed by atoms with Crippen molar-refractivity contribution < 1.29 is 18.1 Å². The fraction of sp³-hybridized carbons (Fsp3) is 0.250. The number of aromatic nitrogens is 4. The highest BCUT2D eigenvalue weighted by atomic mass is 19.2. The van der Waals surface area contributed by atoms with Gasteiger partial charge in [0.1, 0.15) is 17.6 Å². The summed E-state index contributed by atoms with van der Waals surface area (Å²) in [6.07, 6.45) is 2.18. The molecule has 0 unspecified atom stereocenters. The SMILES string of the molecule is O=C1c2c(ccc(F)c2F)-n2cnc(-c3noc(CN4Cc5ccccc5C4)n3)c2[C@@H]2CCN12. The third-order valence-electron chi connectivity index (χ3n) is 6.89. The summed E-state index contributed by atoms with van der Waals surface area (Å²) in [5.74, 6) is -1.95. The zero-order chi connectivity index (χ0) is 23.0. The molecule has 170 valence electrons. The Morgan fingerprint density at radius 1 is 1.09 bits per heavy atom. The molecule has 8 nitrogen and oxygen atoms in total. The van der Waals surface area contributed by atoms with Gasteiger partial charge >= 0.3 is 0 Å². The number of fused-ring (bicyclic) bond motifs is 6. The lowest BCUT2D eigenvalue weighted by molar-refractivity contribution is 0.0456. The molecule has 0 radical (unpaired) electrons. The van der Waals surface area contributed by atoms with Crippen molar-refractivity contribution in [3.05, 3.63) is 82.6 Å². The minimum absolute atomic E-state index is 0.255. The minimum Gasteiger partial charge on any atom is -0.337 e. The molecule has 4 aromatic rings. The number of imidazole rings is 1. The van der Waals surface area contributed by atoms with E-state index < -0.39 is 17.5 Å². The normalized spacial score (nSPS) is 18.7. The first kappa shape index (κ1) is 19.5. The van der Waals surface area contributed by atoms with Gasteiger partial charge in [-0.05, 0) is 29.7 Å². The first-order chi connectivity index (χ1) is 16.6. The predicted octanol–water partition coefficient (Wildman–Crippen LogP) is 3.62. The molecule has 0 saturated carbocycles. The molecule has 7 rings (SSSR count). The zero-order valence-corrected chi connectivity index (χ0v) is 17.9. The molecule has 1 fully saturated rings. The summed E-state index contributed by atoms with van der Waals surface area (Å²) in [6, 6.07) is 10.4. The van der Waals surface area contributed by atoms with Crippen molar-refractivity contribution in [2.45, 2.75) is 32.1 Å². The van der Waals surface area contributed by atoms with Crippen LogP contribution in [-0.4, -0.2) is 41.9 Å². The van der Waals surface area contributed by atoms with Gasteiger partial charge in [-0.2, -0.15) is 4.98 Å². The largest absolute Gasteiger partial charge is 0.337 e. The fourth-order valence-electron chi connectivity index (χ4n) is 5.17. The van der Waals surface area contributed by atoms with Crippen LogP contribution in [0.1, 0.15) is 45.5 Å². The number of amides is 1. The molecule has 1 saturated heterocycles. The van der Waals surface area contributed by atoms with E-state index in [1.807, 2.05) is 12.1 Å². The van der Waals surface area contributed by atoms with Crippen LogP contribution >= 0.6 is 0 Å². The second kappa shape index (κ2) is 7.04. The third-order valence-corrected chi connectivity index (χ3v) is 6.89. The molecule has 0 bridgehead atoms. The van der Waals surface area contributed by atoms with Crippen LogP contribution in [0.4, 0.5) is 8.78 Å². The Hall–Kier alpha value is -3.92. The Bertz CT molecular complexity index is 1450. The second-order valence-corrected chi connectivity index (χ2v) is 8.83. The van der Waals surface area contributed by atoms with E-state index in [9.17, 15) is 13.6 Å². The lowest BCUT2D eigenvalue weighted by atomic mass is 9.97. The average Bonchev–Trinajstić information content (AvgIpc) is 3.52. The predicted molar refractivity (Wildman–Crippen MR) is 115 cm³/mol. The van der Waals surface area contributed by atoms with Crippen LogP contribution in [0.3, 0.4) is 0 Å². The average molecular weight is 460 g/mol. The summed E-state index contributed by atoms with van der Waals surface area (Å²) >= 11 is 0. The summed E-state index contributed by atoms with van der Waals surface area (Å²) in [4.78, 5) is 25.8. The molecule has 0 N–H and O–H groups in total. The van der Waals surface area contributed by atoms with E-state index >= 15 is 0 Å². The molecule has 34 heavy (non-hydrogen) atoms. The highest BCUT2D eigenvalue weighted by molar-refractivity contribution is 5.99. The number of benzene rings is 2. The van der Waals surface area contributed by atoms with E-state index in [-0.39, 0.29) is 17.3 Å². The number of carbonyl (C=O) groups excluding carboxylic acids is 1. The van der Waals surface area contributed by atoms with Crippen LogP contribution < -0.4 is 0 Å². The van der Waals surface area contributed by atoms with Crippen LogP contribution in [0, 0.1) is 11.6 Å². The van der Waals surface area contributed by atoms with Crippen molar-refractivity contribution in [1.29, 1.82) is 0 Å². The quantitative estimate of drug-likeness (QED) is 0.465. The Morgan fingerprint density at radius 2 is 1.88 bits per heavy atom. The van der Waals surface area contributed by atoms with Crippen molar-refractivity contribution in [2.24, 2.45) is 0 Å². The van der Waals surface area contributed by atoms with E-state index in [1.165, 1.54) is 28.4 Å². The van der Waals surface area contributed by atoms with Crippen LogP contribution in [0.25, 0.3) is 17.2 Å². The molecule has 3 aliphatic heterocycles. The number of hydrogen-bond donors (Lipinski definition) is 0. The van der Waals surface area contributed by atoms with Crippen molar-refractivity contribution >= 4 is 5.91 Å². The van der Waals surface area contributed by atoms with Gasteiger partial charge in [-0.25, -0.2) is 13.8 Å². The van der Waals surface area contributed by atoms with E-state index in [4.69, 9.17) is 4.52 Å². The first-order valence-electron chi connectivity index (χ1n) is 11.1. The zero-order valence-electron chi connectivity index (χ0n) is 17.9. The summed E-state index contributed by atoms with van der Waals surface area (Å²) in [7, 11) is 0. The Balaban J connectivity index is 1.25. The Labute approximate surface area is 192 Å². The molecule has 0 spiro atoms. The first-order valence-corrected chi connectivity index (χ1v) is 11.1. The smallest absolute Gasteiger partial charge is 0.259 e. The van der Waals surface area contributed by atoms with Gasteiger partial charge < -0.3 is 9.42 Å². The van der Waals surface area contributed by atoms with E-state index in [0.29, 0.717) is 42.6 Å². The summed E-state index contributed by atoms with van der Waals surface area (Å²) in [5.41, 5.74) is 3.70. The van der Waals surface area contributed by atoms with Gasteiger partial charge in [0.2, 0.25) is 11.7 Å². The lowest BCUT2D eigenvalue weighted by Gasteiger charge is -2.39. The highest BCUT2D eigenvalue weighted by Gasteiger charge is 2.43. The number of rotatable bonds is 3. The maximum atomic E-state index is 14.7. The molecule has 1 amide bonds. The van der Waals surface area contributed by atoms with Crippen LogP contribution in [0.15, 0.2) is 47.2 Å². The molecule has 5 heterocycles. The van der Waals surface area contributed by atoms with Crippen molar-refractivity contribution in [3.8, 4) is 17.2 Å². The maximum absolute atomic E-state index is 14.7. The van der Waals surface area contributed by atoms with E-state index in [0.717, 1.165) is 19.2 Å². The van der Waals surface area contributed by atoms with Crippen molar-refractivity contribution in [2.75, 3.05) is 6.54 Å². The third kappa shape index (κ3) is 2.72. The number of carbonyl (C=O) groups is 1. The van der Waals surface area contributed by atoms with Crippen molar-refractivity contribution in [1.82, 2.24) is 29.5 Å². The molecule has 2 aromatic carbocycles. The van der Waals surface area contributed by atoms with Gasteiger partial charge in [0.15, 0.2) is 11.6 Å². The molecule has 0 aliphatic carbocycles. The second-order valence-electron chi connectivity index (χ2n) is 8.83. The topological polar surface area (TPSA) is 80.3 Å². The van der Waals surface area contributed by atoms with Gasteiger partial charge in [-0.3, -0.25) is 14.3 Å². The molecule has 1 atom stereocenters. The van der Waals surface area contributed by atoms with Gasteiger partial charge in [0.25, 0.3) is 5.91 Å². The van der Waals surface area contributed by atoms with Crippen molar-refractivity contribution in [3.63, 3.8) is 0 Å². The molecule has 3 aliphatic rings. The van der Waals surface area contributed by atoms with Gasteiger partial charge in [0.05, 0.1) is 24.0 Å². The molecule has 2 aromatic heterocycles. The summed E-state index contributed by atoms with van der Waals surface area (Å²) in [5, 5.41) is 4.15. The Morgan fingerprint density at radius 3 is 2.62 bits per heavy atom. The number of hydrogen-bond acceptors (Lipinski definition) is 6. The van der Waals surface area contributed by atoms with Gasteiger partial charge in [-0.1, -0.05) is 29.4 Å². The molecular formula is C24H18F2N6O2. The van der Waals surface area contributed by atoms with Crippen LogP contribution in [-0.2, 0) is 19.6 Å². The number of nitrogens with zero attached hydrogens (tertiary/aromatic N) is 6. The lowest BCUT2D eigenvalue weighted by Crippen LogP contribution is -2.45.